The highest BCUT2D eigenvalue weighted by atomic mass is 32.2. The van der Waals surface area contributed by atoms with Crippen LogP contribution in [0, 0.1) is 0 Å². The molecule has 0 N–H and O–H groups in total. The summed E-state index contributed by atoms with van der Waals surface area (Å²) in [4.78, 5) is 14.3. The van der Waals surface area contributed by atoms with Gasteiger partial charge in [-0.25, -0.2) is 0 Å². The van der Waals surface area contributed by atoms with E-state index in [4.69, 9.17) is 9.47 Å². The fourth-order valence-corrected chi connectivity index (χ4v) is 15.3. The van der Waals surface area contributed by atoms with E-state index in [0.717, 1.165) is 135 Å². The maximum atomic E-state index is 7.72. The van der Waals surface area contributed by atoms with Gasteiger partial charge in [-0.1, -0.05) is 176 Å². The van der Waals surface area contributed by atoms with E-state index in [1.165, 1.54) is 15.8 Å². The average Bonchev–Trinajstić information content (AvgIpc) is 0.841. The highest BCUT2D eigenvalue weighted by Crippen LogP contribution is 2.55. The molecule has 13 aromatic rings. The molecule has 412 valence electrons. The number of nitrogens with zero attached hydrogens (tertiary/aromatic N) is 5. The van der Waals surface area contributed by atoms with E-state index in [1.54, 1.807) is 0 Å². The minimum Gasteiger partial charge on any atom is -0.458 e. The molecule has 0 unspecified atom stereocenters. The van der Waals surface area contributed by atoms with Gasteiger partial charge in [-0.3, -0.25) is 0 Å². The molecule has 0 atom stereocenters. The molecule has 7 nitrogen and oxygen atoms in total. The second kappa shape index (κ2) is 20.3. The monoisotopic (exact) mass is 1140 g/mol. The van der Waals surface area contributed by atoms with Crippen LogP contribution in [0.5, 0.6) is 23.0 Å². The van der Waals surface area contributed by atoms with Crippen LogP contribution in [0.15, 0.2) is 319 Å². The summed E-state index contributed by atoms with van der Waals surface area (Å²) < 4.78 is 15.3. The van der Waals surface area contributed by atoms with E-state index in [2.05, 4.69) is 334 Å². The van der Waals surface area contributed by atoms with Crippen molar-refractivity contribution in [1.29, 1.82) is 0 Å². The normalized spacial score (nSPS) is 13.2. The predicted octanol–water partition coefficient (Wildman–Crippen LogP) is 17.4. The van der Waals surface area contributed by atoms with E-state index in [-0.39, 0.29) is 13.4 Å². The van der Waals surface area contributed by atoms with Gasteiger partial charge in [0.05, 0.1) is 22.7 Å². The molecule has 0 amide bonds. The SMILES string of the molecule is c1ccc(N(c2ccccc2)c2cc3c4c(c2)N(c2ccccc2)c2ccccc2B4c2cc4c(cc2O3)N(c2ccccc2)c2cc(N(c3ccccc3)c3ccccc3)cc3c2B4c2cc4c(cc2O3)N(c2ccccc2)c2ccccc2S4)cc1. The van der Waals surface area contributed by atoms with Gasteiger partial charge in [0.15, 0.2) is 0 Å². The van der Waals surface area contributed by atoms with Crippen LogP contribution in [0.4, 0.5) is 85.3 Å². The van der Waals surface area contributed by atoms with Crippen LogP contribution in [0.1, 0.15) is 0 Å². The molecule has 5 aliphatic heterocycles. The van der Waals surface area contributed by atoms with Crippen molar-refractivity contribution >= 4 is 143 Å². The van der Waals surface area contributed by atoms with Gasteiger partial charge < -0.3 is 34.0 Å². The lowest BCUT2D eigenvalue weighted by Crippen LogP contribution is -2.63. The standard InChI is InChI=1S/C78H51B2N5O2S/c1-8-26-52(27-9-1)81(53-28-10-2-11-29-53)59-44-69-77-73(46-59)86-71-50-67-62(48-63(71)79(77)61-40-22-23-41-65(61)83(69)56-34-16-5-17-35-56)80-64-49-76-68(84(57-36-18-6-19-37-57)66-42-24-25-43-75(66)88-76)51-72(64)87-74-47-60(45-70(78(74)80)85(67)58-38-20-7-21-39-58)82(54-30-12-3-13-31-54)55-32-14-4-15-33-55/h1-51H. The Balaban J connectivity index is 0.911. The second-order valence-corrected chi connectivity index (χ2v) is 23.9. The molecule has 0 aliphatic carbocycles. The molecule has 18 rings (SSSR count). The molecule has 0 spiro atoms. The molecule has 0 radical (unpaired) electrons. The number of anilines is 15. The molecule has 0 aromatic heterocycles. The van der Waals surface area contributed by atoms with Gasteiger partial charge in [0.25, 0.3) is 13.4 Å². The lowest BCUT2D eigenvalue weighted by molar-refractivity contribution is 0.487. The topological polar surface area (TPSA) is 34.7 Å². The number of benzene rings is 13. The Morgan fingerprint density at radius 1 is 0.250 bits per heavy atom. The number of para-hydroxylation sites is 9. The van der Waals surface area contributed by atoms with Crippen LogP contribution in [0.25, 0.3) is 0 Å². The molecule has 10 heteroatoms. The largest absolute Gasteiger partial charge is 0.458 e. The zero-order chi connectivity index (χ0) is 57.8. The fraction of sp³-hybridized carbons (Fsp3) is 0. The van der Waals surface area contributed by atoms with Crippen LogP contribution in [-0.4, -0.2) is 13.4 Å². The van der Waals surface area contributed by atoms with Crippen LogP contribution in [0.2, 0.25) is 0 Å². The van der Waals surface area contributed by atoms with Crippen molar-refractivity contribution in [2.45, 2.75) is 9.79 Å². The van der Waals surface area contributed by atoms with Crippen LogP contribution >= 0.6 is 11.8 Å². The van der Waals surface area contributed by atoms with Crippen LogP contribution in [-0.2, 0) is 0 Å². The highest BCUT2D eigenvalue weighted by molar-refractivity contribution is 7.99. The second-order valence-electron chi connectivity index (χ2n) is 22.8. The molecule has 0 bridgehead atoms. The van der Waals surface area contributed by atoms with Crippen LogP contribution < -0.4 is 66.8 Å². The van der Waals surface area contributed by atoms with Gasteiger partial charge in [0, 0.05) is 96.6 Å². The van der Waals surface area contributed by atoms with E-state index >= 15 is 0 Å². The van der Waals surface area contributed by atoms with E-state index in [1.807, 2.05) is 11.8 Å². The maximum absolute atomic E-state index is 7.72. The first-order chi connectivity index (χ1) is 43.7. The Kier molecular flexibility index (Phi) is 11.6. The Morgan fingerprint density at radius 2 is 0.625 bits per heavy atom. The van der Waals surface area contributed by atoms with Gasteiger partial charge in [0.2, 0.25) is 0 Å². The molecule has 88 heavy (non-hydrogen) atoms. The molecule has 0 saturated heterocycles. The lowest BCUT2D eigenvalue weighted by Gasteiger charge is -2.44. The quantitative estimate of drug-likeness (QED) is 0.132. The van der Waals surface area contributed by atoms with Crippen molar-refractivity contribution in [2.24, 2.45) is 0 Å². The Labute approximate surface area is 516 Å². The molecule has 13 aromatic carbocycles. The van der Waals surface area contributed by atoms with Crippen molar-refractivity contribution in [3.63, 3.8) is 0 Å². The smallest absolute Gasteiger partial charge is 0.256 e. The van der Waals surface area contributed by atoms with Crippen molar-refractivity contribution in [3.8, 4) is 23.0 Å². The Morgan fingerprint density at radius 3 is 1.11 bits per heavy atom. The molecular weight excluding hydrogens is 1090 g/mol. The van der Waals surface area contributed by atoms with Crippen molar-refractivity contribution < 1.29 is 9.47 Å². The minimum absolute atomic E-state index is 0.195. The van der Waals surface area contributed by atoms with E-state index < -0.39 is 0 Å². The summed E-state index contributed by atoms with van der Waals surface area (Å²) in [5.41, 5.74) is 22.6. The summed E-state index contributed by atoms with van der Waals surface area (Å²) in [6, 6.07) is 112. The van der Waals surface area contributed by atoms with Gasteiger partial charge in [-0.2, -0.15) is 0 Å². The summed E-state index contributed by atoms with van der Waals surface area (Å²) in [6.45, 7) is -0.453. The summed E-state index contributed by atoms with van der Waals surface area (Å²) in [6.07, 6.45) is 0. The number of fused-ring (bicyclic) bond motifs is 10. The van der Waals surface area contributed by atoms with Gasteiger partial charge in [-0.05, 0) is 154 Å². The first-order valence-corrected chi connectivity index (χ1v) is 30.8. The Hall–Kier alpha value is -11.1. The summed E-state index contributed by atoms with van der Waals surface area (Å²) in [7, 11) is 0. The summed E-state index contributed by atoms with van der Waals surface area (Å²) in [5, 5.41) is 0. The molecular formula is C78H51B2N5O2S. The van der Waals surface area contributed by atoms with Crippen molar-refractivity contribution in [1.82, 2.24) is 0 Å². The number of hydrogen-bond acceptors (Lipinski definition) is 8. The molecule has 0 saturated carbocycles. The zero-order valence-corrected chi connectivity index (χ0v) is 48.4. The fourth-order valence-electron chi connectivity index (χ4n) is 14.2. The van der Waals surface area contributed by atoms with E-state index in [9.17, 15) is 0 Å². The van der Waals surface area contributed by atoms with Crippen LogP contribution in [0.3, 0.4) is 0 Å². The average molecular weight is 1140 g/mol. The summed E-state index contributed by atoms with van der Waals surface area (Å²) in [5.74, 6) is 3.25. The maximum Gasteiger partial charge on any atom is 0.256 e. The first kappa shape index (κ1) is 50.3. The lowest BCUT2D eigenvalue weighted by atomic mass is 9.31. The Bertz CT molecular complexity index is 4800. The van der Waals surface area contributed by atoms with E-state index in [0.29, 0.717) is 0 Å². The highest BCUT2D eigenvalue weighted by Gasteiger charge is 2.48. The predicted molar refractivity (Wildman–Crippen MR) is 366 cm³/mol. The van der Waals surface area contributed by atoms with Crippen molar-refractivity contribution in [2.75, 3.05) is 24.5 Å². The molecule has 5 aliphatic rings. The zero-order valence-electron chi connectivity index (χ0n) is 47.6. The third-order valence-electron chi connectivity index (χ3n) is 17.8. The number of rotatable bonds is 9. The van der Waals surface area contributed by atoms with Crippen molar-refractivity contribution in [3.05, 3.63) is 309 Å². The number of ether oxygens (including phenoxy) is 2. The third kappa shape index (κ3) is 7.96. The number of hydrogen-bond donors (Lipinski definition) is 0. The molecule has 0 fully saturated rings. The van der Waals surface area contributed by atoms with Gasteiger partial charge >= 0.3 is 0 Å². The minimum atomic E-state index is -0.258. The van der Waals surface area contributed by atoms with Gasteiger partial charge in [0.1, 0.15) is 23.0 Å². The third-order valence-corrected chi connectivity index (χ3v) is 18.9. The summed E-state index contributed by atoms with van der Waals surface area (Å²) >= 11 is 1.83. The van der Waals surface area contributed by atoms with Gasteiger partial charge in [-0.15, -0.1) is 0 Å². The molecule has 5 heterocycles. The first-order valence-electron chi connectivity index (χ1n) is 30.0.